The fraction of sp³-hybridized carbons (Fsp3) is 0.222. The summed E-state index contributed by atoms with van der Waals surface area (Å²) in [5, 5.41) is 7.90. The molecule has 0 unspecified atom stereocenters. The van der Waals surface area contributed by atoms with E-state index in [2.05, 4.69) is 10.3 Å². The molecule has 0 radical (unpaired) electrons. The van der Waals surface area contributed by atoms with Crippen molar-refractivity contribution in [3.05, 3.63) is 71.5 Å². The van der Waals surface area contributed by atoms with Crippen LogP contribution >= 0.6 is 0 Å². The molecule has 0 fully saturated rings. The van der Waals surface area contributed by atoms with Crippen LogP contribution in [0.3, 0.4) is 0 Å². The van der Waals surface area contributed by atoms with Crippen LogP contribution in [-0.2, 0) is 19.3 Å². The van der Waals surface area contributed by atoms with E-state index >= 15 is 0 Å². The lowest BCUT2D eigenvalue weighted by molar-refractivity contribution is -0.137. The van der Waals surface area contributed by atoms with Crippen LogP contribution < -0.4 is 9.47 Å². The zero-order valence-corrected chi connectivity index (χ0v) is 13.9. The Hall–Kier alpha value is -3.03. The molecule has 5 nitrogen and oxygen atoms in total. The number of hydrogen-bond acceptors (Lipinski definition) is 4. The monoisotopic (exact) mass is 363 g/mol. The topological polar surface area (TPSA) is 49.2 Å². The van der Waals surface area contributed by atoms with Crippen molar-refractivity contribution in [2.75, 3.05) is 7.11 Å². The zero-order valence-electron chi connectivity index (χ0n) is 13.9. The Balaban J connectivity index is 1.61. The van der Waals surface area contributed by atoms with E-state index in [1.54, 1.807) is 43.6 Å². The van der Waals surface area contributed by atoms with Gasteiger partial charge in [-0.3, -0.25) is 0 Å². The van der Waals surface area contributed by atoms with Gasteiger partial charge in [-0.1, -0.05) is 17.3 Å². The van der Waals surface area contributed by atoms with Gasteiger partial charge in [0.1, 0.15) is 23.8 Å². The molecule has 0 saturated carbocycles. The molecular weight excluding hydrogens is 347 g/mol. The molecule has 3 aromatic rings. The second kappa shape index (κ2) is 7.47. The molecule has 3 rings (SSSR count). The molecule has 0 aliphatic heterocycles. The first-order chi connectivity index (χ1) is 12.4. The van der Waals surface area contributed by atoms with Crippen LogP contribution in [0.5, 0.6) is 11.5 Å². The molecule has 0 aliphatic rings. The van der Waals surface area contributed by atoms with E-state index in [0.717, 1.165) is 17.9 Å². The zero-order chi connectivity index (χ0) is 18.6. The van der Waals surface area contributed by atoms with Gasteiger partial charge >= 0.3 is 6.18 Å². The summed E-state index contributed by atoms with van der Waals surface area (Å²) in [5.41, 5.74) is 0.387. The van der Waals surface area contributed by atoms with E-state index in [0.29, 0.717) is 17.0 Å². The molecule has 0 spiro atoms. The predicted octanol–water partition coefficient (Wildman–Crippen LogP) is 3.93. The summed E-state index contributed by atoms with van der Waals surface area (Å²) in [6.45, 7) is 0.397. The third-order valence-electron chi connectivity index (χ3n) is 3.63. The first-order valence-electron chi connectivity index (χ1n) is 7.76. The van der Waals surface area contributed by atoms with Crippen LogP contribution in [-0.4, -0.2) is 22.1 Å². The molecule has 0 aliphatic carbocycles. The predicted molar refractivity (Wildman–Crippen MR) is 87.9 cm³/mol. The van der Waals surface area contributed by atoms with Gasteiger partial charge in [0.2, 0.25) is 0 Å². The van der Waals surface area contributed by atoms with Gasteiger partial charge in [0.05, 0.1) is 25.4 Å². The second-order valence-electron chi connectivity index (χ2n) is 5.57. The standard InChI is InChI=1S/C18H16F3N3O2/c1-25-16-5-7-17(8-6-16)26-12-15-11-24(23-22-15)10-13-3-2-4-14(9-13)18(19,20)21/h2-9,11H,10,12H2,1H3. The second-order valence-corrected chi connectivity index (χ2v) is 5.57. The van der Waals surface area contributed by atoms with Crippen LogP contribution in [0, 0.1) is 0 Å². The van der Waals surface area contributed by atoms with Crippen molar-refractivity contribution in [2.45, 2.75) is 19.3 Å². The average Bonchev–Trinajstić information content (AvgIpc) is 3.07. The van der Waals surface area contributed by atoms with Crippen LogP contribution in [0.4, 0.5) is 13.2 Å². The van der Waals surface area contributed by atoms with Gasteiger partial charge in [-0.2, -0.15) is 13.2 Å². The van der Waals surface area contributed by atoms with Gasteiger partial charge in [-0.05, 0) is 42.0 Å². The molecule has 0 amide bonds. The van der Waals surface area contributed by atoms with Crippen molar-refractivity contribution >= 4 is 0 Å². The normalized spacial score (nSPS) is 11.4. The average molecular weight is 363 g/mol. The summed E-state index contributed by atoms with van der Waals surface area (Å²) >= 11 is 0. The Morgan fingerprint density at radius 3 is 2.46 bits per heavy atom. The minimum absolute atomic E-state index is 0.194. The SMILES string of the molecule is COc1ccc(OCc2cn(Cc3cccc(C(F)(F)F)c3)nn2)cc1. The smallest absolute Gasteiger partial charge is 0.416 e. The highest BCUT2D eigenvalue weighted by Crippen LogP contribution is 2.29. The number of benzene rings is 2. The molecule has 8 heteroatoms. The molecule has 0 saturated heterocycles. The summed E-state index contributed by atoms with van der Waals surface area (Å²) in [4.78, 5) is 0. The van der Waals surface area contributed by atoms with Crippen LogP contribution in [0.15, 0.2) is 54.7 Å². The van der Waals surface area contributed by atoms with E-state index < -0.39 is 11.7 Å². The number of aromatic nitrogens is 3. The maximum Gasteiger partial charge on any atom is 0.416 e. The molecule has 0 atom stereocenters. The summed E-state index contributed by atoms with van der Waals surface area (Å²) in [7, 11) is 1.58. The van der Waals surface area contributed by atoms with Crippen LogP contribution in [0.25, 0.3) is 0 Å². The van der Waals surface area contributed by atoms with Gasteiger partial charge in [0.15, 0.2) is 0 Å². The number of nitrogens with zero attached hydrogens (tertiary/aromatic N) is 3. The fourth-order valence-corrected chi connectivity index (χ4v) is 2.34. The first-order valence-corrected chi connectivity index (χ1v) is 7.76. The molecule has 2 aromatic carbocycles. The van der Waals surface area contributed by atoms with E-state index in [4.69, 9.17) is 9.47 Å². The number of alkyl halides is 3. The van der Waals surface area contributed by atoms with E-state index in [1.807, 2.05) is 0 Å². The maximum absolute atomic E-state index is 12.8. The summed E-state index contributed by atoms with van der Waals surface area (Å²) in [6, 6.07) is 12.2. The lowest BCUT2D eigenvalue weighted by Crippen LogP contribution is -2.07. The number of hydrogen-bond donors (Lipinski definition) is 0. The molecular formula is C18H16F3N3O2. The summed E-state index contributed by atoms with van der Waals surface area (Å²) in [5.74, 6) is 1.38. The lowest BCUT2D eigenvalue weighted by Gasteiger charge is -2.08. The molecule has 0 bridgehead atoms. The Labute approximate surface area is 148 Å². The summed E-state index contributed by atoms with van der Waals surface area (Å²) < 4.78 is 50.4. The third-order valence-corrected chi connectivity index (χ3v) is 3.63. The van der Waals surface area contributed by atoms with Gasteiger partial charge in [-0.25, -0.2) is 4.68 Å². The molecule has 1 heterocycles. The van der Waals surface area contributed by atoms with Crippen molar-refractivity contribution in [3.8, 4) is 11.5 Å². The molecule has 136 valence electrons. The minimum atomic E-state index is -4.37. The Bertz CT molecular complexity index is 861. The fourth-order valence-electron chi connectivity index (χ4n) is 2.34. The number of methoxy groups -OCH3 is 1. The molecule has 26 heavy (non-hydrogen) atoms. The molecule has 0 N–H and O–H groups in total. The third kappa shape index (κ3) is 4.53. The highest BCUT2D eigenvalue weighted by Gasteiger charge is 2.30. The minimum Gasteiger partial charge on any atom is -0.497 e. The van der Waals surface area contributed by atoms with E-state index in [1.165, 1.54) is 10.7 Å². The number of halogens is 3. The van der Waals surface area contributed by atoms with E-state index in [-0.39, 0.29) is 13.2 Å². The van der Waals surface area contributed by atoms with Gasteiger partial charge in [0, 0.05) is 0 Å². The highest BCUT2D eigenvalue weighted by atomic mass is 19.4. The Kier molecular flexibility index (Phi) is 5.11. The first kappa shape index (κ1) is 17.8. The quantitative estimate of drug-likeness (QED) is 0.666. The van der Waals surface area contributed by atoms with Gasteiger partial charge in [0.25, 0.3) is 0 Å². The van der Waals surface area contributed by atoms with Gasteiger partial charge < -0.3 is 9.47 Å². The Morgan fingerprint density at radius 1 is 1.04 bits per heavy atom. The highest BCUT2D eigenvalue weighted by molar-refractivity contribution is 5.31. The van der Waals surface area contributed by atoms with Crippen molar-refractivity contribution in [1.82, 2.24) is 15.0 Å². The lowest BCUT2D eigenvalue weighted by atomic mass is 10.1. The maximum atomic E-state index is 12.8. The number of rotatable bonds is 6. The Morgan fingerprint density at radius 2 is 1.77 bits per heavy atom. The van der Waals surface area contributed by atoms with E-state index in [9.17, 15) is 13.2 Å². The molecule has 1 aromatic heterocycles. The van der Waals surface area contributed by atoms with Crippen LogP contribution in [0.1, 0.15) is 16.8 Å². The van der Waals surface area contributed by atoms with Gasteiger partial charge in [-0.15, -0.1) is 5.10 Å². The van der Waals surface area contributed by atoms with Crippen molar-refractivity contribution in [1.29, 1.82) is 0 Å². The number of ether oxygens (including phenoxy) is 2. The summed E-state index contributed by atoms with van der Waals surface area (Å²) in [6.07, 6.45) is -2.72. The van der Waals surface area contributed by atoms with Crippen LogP contribution in [0.2, 0.25) is 0 Å². The van der Waals surface area contributed by atoms with Crippen molar-refractivity contribution < 1.29 is 22.6 Å². The van der Waals surface area contributed by atoms with Crippen molar-refractivity contribution in [3.63, 3.8) is 0 Å². The largest absolute Gasteiger partial charge is 0.497 e. The van der Waals surface area contributed by atoms with Crippen molar-refractivity contribution in [2.24, 2.45) is 0 Å².